The Balaban J connectivity index is 2.33. The predicted octanol–water partition coefficient (Wildman–Crippen LogP) is 1.51. The lowest BCUT2D eigenvalue weighted by Crippen LogP contribution is -2.32. The van der Waals surface area contributed by atoms with Gasteiger partial charge in [0.25, 0.3) is 0 Å². The summed E-state index contributed by atoms with van der Waals surface area (Å²) in [5, 5.41) is 13.1. The standard InChI is InChI=1S/C9H13N5S/c1-3-9(2,10)7-5-15-8(12-7)6-4-11-14-13-6/h4-5H,3,10H2,1-2H3,(H,11,13,14). The van der Waals surface area contributed by atoms with Gasteiger partial charge in [-0.25, -0.2) is 4.98 Å². The normalized spacial score (nSPS) is 15.1. The highest BCUT2D eigenvalue weighted by atomic mass is 32.1. The smallest absolute Gasteiger partial charge is 0.145 e. The van der Waals surface area contributed by atoms with Crippen LogP contribution in [0.4, 0.5) is 0 Å². The van der Waals surface area contributed by atoms with Gasteiger partial charge in [0, 0.05) is 5.38 Å². The lowest BCUT2D eigenvalue weighted by molar-refractivity contribution is 0.465. The summed E-state index contributed by atoms with van der Waals surface area (Å²) in [4.78, 5) is 4.47. The first-order valence-electron chi connectivity index (χ1n) is 4.74. The first kappa shape index (κ1) is 10.3. The third kappa shape index (κ3) is 1.91. The summed E-state index contributed by atoms with van der Waals surface area (Å²) in [7, 11) is 0. The number of aromatic nitrogens is 4. The quantitative estimate of drug-likeness (QED) is 0.826. The van der Waals surface area contributed by atoms with Gasteiger partial charge in [0.2, 0.25) is 0 Å². The number of thiazole rings is 1. The SMILES string of the molecule is CCC(C)(N)c1csc(-c2cn[nH]n2)n1. The highest BCUT2D eigenvalue weighted by Crippen LogP contribution is 2.27. The monoisotopic (exact) mass is 223 g/mol. The van der Waals surface area contributed by atoms with Crippen LogP contribution < -0.4 is 5.73 Å². The second-order valence-corrected chi connectivity index (χ2v) is 4.52. The summed E-state index contributed by atoms with van der Waals surface area (Å²) >= 11 is 1.54. The van der Waals surface area contributed by atoms with Crippen molar-refractivity contribution in [2.75, 3.05) is 0 Å². The average molecular weight is 223 g/mol. The minimum Gasteiger partial charge on any atom is -0.320 e. The maximum atomic E-state index is 6.10. The number of aromatic amines is 1. The molecule has 0 aromatic carbocycles. The first-order valence-corrected chi connectivity index (χ1v) is 5.62. The molecule has 0 saturated heterocycles. The first-order chi connectivity index (χ1) is 7.13. The molecule has 6 heteroatoms. The molecule has 0 aliphatic heterocycles. The third-order valence-corrected chi connectivity index (χ3v) is 3.32. The fourth-order valence-corrected chi connectivity index (χ4v) is 2.05. The van der Waals surface area contributed by atoms with E-state index in [1.54, 1.807) is 6.20 Å². The Morgan fingerprint density at radius 3 is 3.00 bits per heavy atom. The zero-order chi connectivity index (χ0) is 10.9. The molecule has 0 aliphatic carbocycles. The average Bonchev–Trinajstić information content (AvgIpc) is 2.88. The number of nitrogens with zero attached hydrogens (tertiary/aromatic N) is 3. The van der Waals surface area contributed by atoms with E-state index < -0.39 is 0 Å². The van der Waals surface area contributed by atoms with Gasteiger partial charge in [-0.1, -0.05) is 6.92 Å². The Kier molecular flexibility index (Phi) is 2.54. The van der Waals surface area contributed by atoms with Crippen molar-refractivity contribution < 1.29 is 0 Å². The van der Waals surface area contributed by atoms with Gasteiger partial charge in [-0.15, -0.1) is 11.3 Å². The molecular formula is C9H13N5S. The van der Waals surface area contributed by atoms with Crippen LogP contribution in [0.5, 0.6) is 0 Å². The van der Waals surface area contributed by atoms with Crippen molar-refractivity contribution in [3.63, 3.8) is 0 Å². The molecule has 2 aromatic heterocycles. The largest absolute Gasteiger partial charge is 0.320 e. The van der Waals surface area contributed by atoms with E-state index in [-0.39, 0.29) is 5.54 Å². The lowest BCUT2D eigenvalue weighted by Gasteiger charge is -2.19. The Hall–Kier alpha value is -1.27. The predicted molar refractivity (Wildman–Crippen MR) is 59.3 cm³/mol. The van der Waals surface area contributed by atoms with E-state index in [2.05, 4.69) is 27.3 Å². The van der Waals surface area contributed by atoms with Gasteiger partial charge in [0.05, 0.1) is 17.4 Å². The fourth-order valence-electron chi connectivity index (χ4n) is 1.14. The van der Waals surface area contributed by atoms with E-state index in [9.17, 15) is 0 Å². The Morgan fingerprint density at radius 1 is 1.60 bits per heavy atom. The molecule has 0 aliphatic rings. The molecule has 0 amide bonds. The minimum absolute atomic E-state index is 0.363. The van der Waals surface area contributed by atoms with Crippen molar-refractivity contribution >= 4 is 11.3 Å². The molecule has 2 heterocycles. The maximum Gasteiger partial charge on any atom is 0.145 e. The second-order valence-electron chi connectivity index (χ2n) is 3.66. The summed E-state index contributed by atoms with van der Waals surface area (Å²) in [6.45, 7) is 4.03. The molecule has 0 radical (unpaired) electrons. The molecule has 2 aromatic rings. The van der Waals surface area contributed by atoms with Crippen molar-refractivity contribution in [2.45, 2.75) is 25.8 Å². The van der Waals surface area contributed by atoms with Gasteiger partial charge in [0.15, 0.2) is 0 Å². The highest BCUT2D eigenvalue weighted by molar-refractivity contribution is 7.13. The topological polar surface area (TPSA) is 80.5 Å². The Bertz CT molecular complexity index is 431. The molecule has 3 N–H and O–H groups in total. The zero-order valence-corrected chi connectivity index (χ0v) is 9.51. The van der Waals surface area contributed by atoms with E-state index in [0.717, 1.165) is 22.8 Å². The van der Waals surface area contributed by atoms with Gasteiger partial charge < -0.3 is 5.73 Å². The molecule has 5 nitrogen and oxygen atoms in total. The van der Waals surface area contributed by atoms with Crippen LogP contribution in [-0.4, -0.2) is 20.4 Å². The van der Waals surface area contributed by atoms with Crippen LogP contribution >= 0.6 is 11.3 Å². The molecule has 0 fully saturated rings. The van der Waals surface area contributed by atoms with E-state index in [0.29, 0.717) is 0 Å². The van der Waals surface area contributed by atoms with Crippen molar-refractivity contribution in [2.24, 2.45) is 5.73 Å². The number of H-pyrrole nitrogens is 1. The van der Waals surface area contributed by atoms with Crippen molar-refractivity contribution in [1.82, 2.24) is 20.4 Å². The van der Waals surface area contributed by atoms with Gasteiger partial charge in [-0.3, -0.25) is 0 Å². The summed E-state index contributed by atoms with van der Waals surface area (Å²) in [5.74, 6) is 0. The number of nitrogens with one attached hydrogen (secondary N) is 1. The van der Waals surface area contributed by atoms with Crippen LogP contribution in [0, 0.1) is 0 Å². The van der Waals surface area contributed by atoms with Crippen molar-refractivity contribution in [3.05, 3.63) is 17.3 Å². The second kappa shape index (κ2) is 3.71. The number of nitrogens with two attached hydrogens (primary N) is 1. The molecule has 1 atom stereocenters. The molecule has 15 heavy (non-hydrogen) atoms. The van der Waals surface area contributed by atoms with Gasteiger partial charge in [0.1, 0.15) is 10.7 Å². The van der Waals surface area contributed by atoms with Gasteiger partial charge in [-0.05, 0) is 13.3 Å². The summed E-state index contributed by atoms with van der Waals surface area (Å²) < 4.78 is 0. The lowest BCUT2D eigenvalue weighted by atomic mass is 9.97. The van der Waals surface area contributed by atoms with E-state index in [4.69, 9.17) is 5.73 Å². The van der Waals surface area contributed by atoms with E-state index >= 15 is 0 Å². The Labute approximate surface area is 91.7 Å². The number of hydrogen-bond acceptors (Lipinski definition) is 5. The fraction of sp³-hybridized carbons (Fsp3) is 0.444. The van der Waals surface area contributed by atoms with Crippen molar-refractivity contribution in [3.8, 4) is 10.7 Å². The number of rotatable bonds is 3. The zero-order valence-electron chi connectivity index (χ0n) is 8.69. The van der Waals surface area contributed by atoms with Crippen LogP contribution in [0.2, 0.25) is 0 Å². The van der Waals surface area contributed by atoms with Crippen LogP contribution in [0.15, 0.2) is 11.6 Å². The molecule has 1 unspecified atom stereocenters. The van der Waals surface area contributed by atoms with E-state index in [1.165, 1.54) is 11.3 Å². The van der Waals surface area contributed by atoms with Crippen molar-refractivity contribution in [1.29, 1.82) is 0 Å². The highest BCUT2D eigenvalue weighted by Gasteiger charge is 2.22. The molecule has 0 spiro atoms. The molecular weight excluding hydrogens is 210 g/mol. The summed E-state index contributed by atoms with van der Waals surface area (Å²) in [6.07, 6.45) is 2.51. The van der Waals surface area contributed by atoms with Crippen LogP contribution in [-0.2, 0) is 5.54 Å². The third-order valence-electron chi connectivity index (χ3n) is 2.46. The maximum absolute atomic E-state index is 6.10. The molecule has 80 valence electrons. The van der Waals surface area contributed by atoms with Crippen LogP contribution in [0.1, 0.15) is 26.0 Å². The van der Waals surface area contributed by atoms with Crippen LogP contribution in [0.3, 0.4) is 0 Å². The Morgan fingerprint density at radius 2 is 2.40 bits per heavy atom. The minimum atomic E-state index is -0.363. The van der Waals surface area contributed by atoms with Crippen LogP contribution in [0.25, 0.3) is 10.7 Å². The van der Waals surface area contributed by atoms with E-state index in [1.807, 2.05) is 12.3 Å². The molecule has 0 saturated carbocycles. The summed E-state index contributed by atoms with van der Waals surface area (Å²) in [5.41, 5.74) is 7.41. The van der Waals surface area contributed by atoms with Gasteiger partial charge in [-0.2, -0.15) is 15.4 Å². The molecule has 2 rings (SSSR count). The number of hydrogen-bond donors (Lipinski definition) is 2. The molecule has 0 bridgehead atoms. The van der Waals surface area contributed by atoms with Gasteiger partial charge >= 0.3 is 0 Å². The summed E-state index contributed by atoms with van der Waals surface area (Å²) in [6, 6.07) is 0.